The average molecular weight is 392 g/mol. The fraction of sp³-hybridized carbons (Fsp3) is 1.00. The summed E-state index contributed by atoms with van der Waals surface area (Å²) in [4.78, 5) is 0. The molecular formula is C15H40O5Zr. The van der Waals surface area contributed by atoms with E-state index in [0.717, 1.165) is 38.5 Å². The van der Waals surface area contributed by atoms with Crippen LogP contribution in [0.3, 0.4) is 0 Å². The van der Waals surface area contributed by atoms with Crippen LogP contribution in [-0.4, -0.2) is 46.1 Å². The van der Waals surface area contributed by atoms with Gasteiger partial charge in [-0.05, 0) is 19.3 Å². The Bertz CT molecular complexity index is 77.0. The Hall–Kier alpha value is 0.683. The smallest absolute Gasteiger partial charge is 0.0431 e. The van der Waals surface area contributed by atoms with Crippen LogP contribution in [0.5, 0.6) is 0 Å². The Balaban J connectivity index is -0.0000000375. The van der Waals surface area contributed by atoms with Gasteiger partial charge in [0, 0.05) is 46.0 Å². The summed E-state index contributed by atoms with van der Waals surface area (Å²) in [6, 6.07) is 0. The van der Waals surface area contributed by atoms with Crippen LogP contribution in [-0.2, 0) is 26.2 Å². The van der Waals surface area contributed by atoms with Gasteiger partial charge in [0.25, 0.3) is 0 Å². The summed E-state index contributed by atoms with van der Waals surface area (Å²) in [7, 11) is 0. The second kappa shape index (κ2) is 49.8. The Morgan fingerprint density at radius 3 is 0.714 bits per heavy atom. The van der Waals surface area contributed by atoms with Crippen LogP contribution in [0.4, 0.5) is 0 Å². The molecule has 0 aromatic carbocycles. The van der Waals surface area contributed by atoms with Crippen LogP contribution in [0.15, 0.2) is 0 Å². The van der Waals surface area contributed by atoms with E-state index in [4.69, 9.17) is 15.3 Å². The normalized spacial score (nSPS) is 7.71. The summed E-state index contributed by atoms with van der Waals surface area (Å²) >= 11 is 0. The molecule has 0 heterocycles. The molecule has 0 aliphatic carbocycles. The van der Waals surface area contributed by atoms with Crippen molar-refractivity contribution in [3.05, 3.63) is 0 Å². The van der Waals surface area contributed by atoms with Gasteiger partial charge in [0.05, 0.1) is 0 Å². The zero-order valence-corrected chi connectivity index (χ0v) is 16.8. The molecule has 0 rings (SSSR count). The van der Waals surface area contributed by atoms with Crippen molar-refractivity contribution in [2.45, 2.75) is 78.6 Å². The molecule has 0 bridgehead atoms. The largest absolute Gasteiger partial charge is 0.412 e. The van der Waals surface area contributed by atoms with Gasteiger partial charge in [-0.3, -0.25) is 0 Å². The van der Waals surface area contributed by atoms with E-state index in [9.17, 15) is 0 Å². The fourth-order valence-electron chi connectivity index (χ4n) is 1.09. The second-order valence-corrected chi connectivity index (χ2v) is 4.29. The van der Waals surface area contributed by atoms with Gasteiger partial charge in [0.15, 0.2) is 0 Å². The van der Waals surface area contributed by atoms with Crippen LogP contribution in [0.2, 0.25) is 0 Å². The predicted molar refractivity (Wildman–Crippen MR) is 87.1 cm³/mol. The van der Waals surface area contributed by atoms with Crippen LogP contribution >= 0.6 is 0 Å². The van der Waals surface area contributed by atoms with E-state index in [1.54, 1.807) is 0 Å². The van der Waals surface area contributed by atoms with Gasteiger partial charge in [-0.15, -0.1) is 0 Å². The minimum absolute atomic E-state index is 0. The standard InChI is InChI=1S/3C5H12O.2H2O.Zr/c3*1-2-3-4-5-6;;;/h3*6H,2-5H2,1H3;2*1H2;. The van der Waals surface area contributed by atoms with Gasteiger partial charge in [0.1, 0.15) is 0 Å². The summed E-state index contributed by atoms with van der Waals surface area (Å²) in [6.45, 7) is 7.43. The zero-order chi connectivity index (χ0) is 14.5. The Morgan fingerprint density at radius 2 is 0.667 bits per heavy atom. The molecule has 0 saturated carbocycles. The summed E-state index contributed by atoms with van der Waals surface area (Å²) in [5.74, 6) is 0. The van der Waals surface area contributed by atoms with Crippen LogP contribution in [0.1, 0.15) is 78.6 Å². The molecule has 7 N–H and O–H groups in total. The van der Waals surface area contributed by atoms with Gasteiger partial charge in [-0.25, -0.2) is 0 Å². The van der Waals surface area contributed by atoms with Gasteiger partial charge < -0.3 is 26.3 Å². The van der Waals surface area contributed by atoms with Crippen molar-refractivity contribution in [3.8, 4) is 0 Å². The number of hydrogen-bond donors (Lipinski definition) is 3. The van der Waals surface area contributed by atoms with Crippen LogP contribution in [0, 0.1) is 0 Å². The SMILES string of the molecule is CCCCCO.CCCCCO.CCCCCO.O.O.[Zr]. The van der Waals surface area contributed by atoms with Crippen molar-refractivity contribution in [2.75, 3.05) is 19.8 Å². The van der Waals surface area contributed by atoms with Crippen molar-refractivity contribution in [3.63, 3.8) is 0 Å². The first-order valence-electron chi connectivity index (χ1n) is 7.57. The van der Waals surface area contributed by atoms with Crippen molar-refractivity contribution in [1.29, 1.82) is 0 Å². The maximum atomic E-state index is 8.20. The van der Waals surface area contributed by atoms with Crippen LogP contribution < -0.4 is 0 Å². The summed E-state index contributed by atoms with van der Waals surface area (Å²) in [5, 5.41) is 24.6. The molecule has 5 nitrogen and oxygen atoms in total. The molecule has 0 fully saturated rings. The van der Waals surface area contributed by atoms with Gasteiger partial charge in [-0.2, -0.15) is 0 Å². The molecule has 0 spiro atoms. The molecular weight excluding hydrogens is 351 g/mol. The average Bonchev–Trinajstić information content (AvgIpc) is 2.42. The molecule has 0 saturated heterocycles. The molecule has 0 aliphatic heterocycles. The quantitative estimate of drug-likeness (QED) is 0.519. The third kappa shape index (κ3) is 77.0. The van der Waals surface area contributed by atoms with Crippen molar-refractivity contribution in [1.82, 2.24) is 0 Å². The Labute approximate surface area is 150 Å². The Morgan fingerprint density at radius 1 is 0.476 bits per heavy atom. The third-order valence-electron chi connectivity index (χ3n) is 2.29. The Kier molecular flexibility index (Phi) is 89.5. The zero-order valence-electron chi connectivity index (χ0n) is 14.3. The van der Waals surface area contributed by atoms with Crippen LogP contribution in [0.25, 0.3) is 0 Å². The predicted octanol–water partition coefficient (Wildman–Crippen LogP) is 1.85. The maximum Gasteiger partial charge on any atom is 0.0431 e. The van der Waals surface area contributed by atoms with E-state index >= 15 is 0 Å². The van der Waals surface area contributed by atoms with E-state index in [2.05, 4.69) is 20.8 Å². The molecule has 0 atom stereocenters. The molecule has 6 heteroatoms. The molecule has 21 heavy (non-hydrogen) atoms. The number of aliphatic hydroxyl groups is 3. The summed E-state index contributed by atoms with van der Waals surface area (Å²) < 4.78 is 0. The maximum absolute atomic E-state index is 8.20. The first kappa shape index (κ1) is 37.7. The molecule has 0 aliphatic rings. The fourth-order valence-corrected chi connectivity index (χ4v) is 1.09. The molecule has 0 unspecified atom stereocenters. The molecule has 0 aromatic heterocycles. The van der Waals surface area contributed by atoms with Crippen molar-refractivity contribution >= 4 is 0 Å². The summed E-state index contributed by atoms with van der Waals surface area (Å²) in [5.41, 5.74) is 0. The van der Waals surface area contributed by atoms with Gasteiger partial charge in [-0.1, -0.05) is 59.3 Å². The number of unbranched alkanes of at least 4 members (excludes halogenated alkanes) is 6. The third-order valence-corrected chi connectivity index (χ3v) is 2.29. The minimum Gasteiger partial charge on any atom is -0.412 e. The van der Waals surface area contributed by atoms with E-state index in [1.165, 1.54) is 19.3 Å². The van der Waals surface area contributed by atoms with E-state index in [0.29, 0.717) is 19.8 Å². The molecule has 0 amide bonds. The number of hydrogen-bond acceptors (Lipinski definition) is 3. The molecule has 0 aromatic rings. The van der Waals surface area contributed by atoms with Crippen molar-refractivity contribution < 1.29 is 52.5 Å². The summed E-state index contributed by atoms with van der Waals surface area (Å²) in [6.07, 6.45) is 9.98. The monoisotopic (exact) mass is 390 g/mol. The minimum atomic E-state index is 0. The topological polar surface area (TPSA) is 124 Å². The molecule has 134 valence electrons. The van der Waals surface area contributed by atoms with E-state index in [-0.39, 0.29) is 37.2 Å². The van der Waals surface area contributed by atoms with E-state index < -0.39 is 0 Å². The molecule has 0 radical (unpaired) electrons. The van der Waals surface area contributed by atoms with Gasteiger partial charge >= 0.3 is 0 Å². The first-order valence-corrected chi connectivity index (χ1v) is 7.57. The number of aliphatic hydroxyl groups excluding tert-OH is 3. The van der Waals surface area contributed by atoms with Gasteiger partial charge in [0.2, 0.25) is 0 Å². The van der Waals surface area contributed by atoms with Crippen molar-refractivity contribution in [2.24, 2.45) is 0 Å². The number of rotatable bonds is 9. The first-order chi connectivity index (χ1) is 8.74. The second-order valence-electron chi connectivity index (χ2n) is 4.29. The van der Waals surface area contributed by atoms with E-state index in [1.807, 2.05) is 0 Å².